The number of aryl methyl sites for hydroxylation is 2. The smallest absolute Gasteiger partial charge is 0.264 e. The SMILES string of the molecule is COC[C@@H](NC(=O)c1cnc(-c2csc(C)n2)[nH]c1=O)c1ccnn1C. The Morgan fingerprint density at radius 2 is 2.31 bits per heavy atom. The van der Waals surface area contributed by atoms with Crippen LogP contribution in [0.2, 0.25) is 0 Å². The first-order valence-electron chi connectivity index (χ1n) is 7.79. The molecule has 0 aliphatic carbocycles. The fourth-order valence-corrected chi connectivity index (χ4v) is 3.09. The molecule has 0 spiro atoms. The lowest BCUT2D eigenvalue weighted by Crippen LogP contribution is -2.36. The van der Waals surface area contributed by atoms with Crippen molar-refractivity contribution in [2.45, 2.75) is 13.0 Å². The van der Waals surface area contributed by atoms with E-state index in [1.54, 1.807) is 29.4 Å². The topological polar surface area (TPSA) is 115 Å². The number of methoxy groups -OCH3 is 1. The molecule has 136 valence electrons. The van der Waals surface area contributed by atoms with Gasteiger partial charge in [-0.2, -0.15) is 5.10 Å². The van der Waals surface area contributed by atoms with E-state index >= 15 is 0 Å². The third-order valence-corrected chi connectivity index (χ3v) is 4.53. The second-order valence-electron chi connectivity index (χ2n) is 5.59. The lowest BCUT2D eigenvalue weighted by atomic mass is 10.2. The molecule has 26 heavy (non-hydrogen) atoms. The van der Waals surface area contributed by atoms with Gasteiger partial charge in [0.25, 0.3) is 11.5 Å². The fraction of sp³-hybridized carbons (Fsp3) is 0.312. The minimum atomic E-state index is -0.539. The van der Waals surface area contributed by atoms with Crippen molar-refractivity contribution in [1.29, 1.82) is 0 Å². The van der Waals surface area contributed by atoms with E-state index in [0.717, 1.165) is 10.7 Å². The molecule has 0 radical (unpaired) electrons. The van der Waals surface area contributed by atoms with Crippen molar-refractivity contribution in [3.63, 3.8) is 0 Å². The van der Waals surface area contributed by atoms with E-state index in [4.69, 9.17) is 4.74 Å². The highest BCUT2D eigenvalue weighted by atomic mass is 32.1. The third-order valence-electron chi connectivity index (χ3n) is 3.76. The molecule has 3 aromatic heterocycles. The molecule has 0 saturated carbocycles. The maximum atomic E-state index is 12.5. The fourth-order valence-electron chi connectivity index (χ4n) is 2.49. The van der Waals surface area contributed by atoms with Crippen LogP contribution in [0.4, 0.5) is 0 Å². The van der Waals surface area contributed by atoms with Gasteiger partial charge in [0.1, 0.15) is 11.3 Å². The Morgan fingerprint density at radius 3 is 2.88 bits per heavy atom. The Bertz CT molecular complexity index is 976. The summed E-state index contributed by atoms with van der Waals surface area (Å²) in [4.78, 5) is 35.9. The second-order valence-corrected chi connectivity index (χ2v) is 6.65. The Kier molecular flexibility index (Phi) is 5.24. The highest BCUT2D eigenvalue weighted by Gasteiger charge is 2.21. The highest BCUT2D eigenvalue weighted by molar-refractivity contribution is 7.09. The van der Waals surface area contributed by atoms with Crippen molar-refractivity contribution >= 4 is 17.2 Å². The highest BCUT2D eigenvalue weighted by Crippen LogP contribution is 2.17. The summed E-state index contributed by atoms with van der Waals surface area (Å²) in [5.41, 5.74) is 0.728. The van der Waals surface area contributed by atoms with Gasteiger partial charge in [-0.1, -0.05) is 0 Å². The monoisotopic (exact) mass is 374 g/mol. The van der Waals surface area contributed by atoms with E-state index in [-0.39, 0.29) is 12.2 Å². The first-order valence-corrected chi connectivity index (χ1v) is 8.67. The number of H-pyrrole nitrogens is 1. The Labute approximate surface area is 153 Å². The number of aromatic nitrogens is 5. The normalized spacial score (nSPS) is 12.1. The van der Waals surface area contributed by atoms with Crippen molar-refractivity contribution < 1.29 is 9.53 Å². The standard InChI is InChI=1S/C16H18N6O3S/c1-9-19-12(8-26-9)14-17-6-10(16(24)21-14)15(23)20-11(7-25-3)13-4-5-18-22(13)2/h4-6,8,11H,7H2,1-3H3,(H,20,23)(H,17,21,24)/t11-/m1/s1. The minimum Gasteiger partial charge on any atom is -0.382 e. The molecule has 9 nitrogen and oxygen atoms in total. The van der Waals surface area contributed by atoms with E-state index in [2.05, 4.69) is 25.4 Å². The summed E-state index contributed by atoms with van der Waals surface area (Å²) < 4.78 is 6.80. The number of hydrogen-bond acceptors (Lipinski definition) is 7. The van der Waals surface area contributed by atoms with Crippen LogP contribution in [0.15, 0.2) is 28.6 Å². The van der Waals surface area contributed by atoms with Gasteiger partial charge in [0, 0.05) is 31.9 Å². The van der Waals surface area contributed by atoms with Crippen molar-refractivity contribution in [2.75, 3.05) is 13.7 Å². The molecule has 10 heteroatoms. The summed E-state index contributed by atoms with van der Waals surface area (Å²) in [6, 6.07) is 1.33. The number of carbonyl (C=O) groups is 1. The first-order chi connectivity index (χ1) is 12.5. The Balaban J connectivity index is 1.83. The van der Waals surface area contributed by atoms with Crippen LogP contribution in [0.1, 0.15) is 27.1 Å². The lowest BCUT2D eigenvalue weighted by molar-refractivity contribution is 0.0890. The van der Waals surface area contributed by atoms with Crippen LogP contribution < -0.4 is 10.9 Å². The number of aromatic amines is 1. The summed E-state index contributed by atoms with van der Waals surface area (Å²) in [7, 11) is 3.30. The molecule has 3 rings (SSSR count). The molecule has 0 saturated heterocycles. The van der Waals surface area contributed by atoms with Gasteiger partial charge in [-0.15, -0.1) is 11.3 Å². The van der Waals surface area contributed by atoms with Crippen LogP contribution in [0.5, 0.6) is 0 Å². The Morgan fingerprint density at radius 1 is 1.50 bits per heavy atom. The summed E-state index contributed by atoms with van der Waals surface area (Å²) in [6.45, 7) is 2.11. The maximum absolute atomic E-state index is 12.5. The van der Waals surface area contributed by atoms with Gasteiger partial charge in [-0.05, 0) is 13.0 Å². The van der Waals surface area contributed by atoms with E-state index in [1.165, 1.54) is 24.6 Å². The molecule has 3 heterocycles. The predicted octanol–water partition coefficient (Wildman–Crippen LogP) is 1.05. The summed E-state index contributed by atoms with van der Waals surface area (Å²) in [5, 5.41) is 9.53. The average molecular weight is 374 g/mol. The number of nitrogens with zero attached hydrogens (tertiary/aromatic N) is 4. The predicted molar refractivity (Wildman–Crippen MR) is 96.0 cm³/mol. The van der Waals surface area contributed by atoms with Crippen LogP contribution in [0, 0.1) is 6.92 Å². The zero-order chi connectivity index (χ0) is 18.7. The van der Waals surface area contributed by atoms with Crippen molar-refractivity contribution in [2.24, 2.45) is 7.05 Å². The molecule has 0 aromatic carbocycles. The molecular formula is C16H18N6O3S. The number of carbonyl (C=O) groups excluding carboxylic acids is 1. The largest absolute Gasteiger partial charge is 0.382 e. The van der Waals surface area contributed by atoms with Crippen LogP contribution in [0.3, 0.4) is 0 Å². The lowest BCUT2D eigenvalue weighted by Gasteiger charge is -2.18. The average Bonchev–Trinajstić information content (AvgIpc) is 3.22. The number of thiazole rings is 1. The number of amides is 1. The summed E-state index contributed by atoms with van der Waals surface area (Å²) >= 11 is 1.45. The Hall–Kier alpha value is -2.85. The van der Waals surface area contributed by atoms with E-state index in [0.29, 0.717) is 11.5 Å². The van der Waals surface area contributed by atoms with Gasteiger partial charge >= 0.3 is 0 Å². The number of hydrogen-bond donors (Lipinski definition) is 2. The van der Waals surface area contributed by atoms with Gasteiger partial charge in [-0.3, -0.25) is 14.3 Å². The molecule has 0 unspecified atom stereocenters. The number of nitrogens with one attached hydrogen (secondary N) is 2. The van der Waals surface area contributed by atoms with E-state index in [9.17, 15) is 9.59 Å². The third kappa shape index (κ3) is 3.70. The van der Waals surface area contributed by atoms with Gasteiger partial charge in [0.15, 0.2) is 5.82 Å². The molecule has 1 atom stereocenters. The van der Waals surface area contributed by atoms with Gasteiger partial charge in [0.2, 0.25) is 0 Å². The van der Waals surface area contributed by atoms with Crippen LogP contribution in [-0.4, -0.2) is 44.4 Å². The van der Waals surface area contributed by atoms with E-state index in [1.807, 2.05) is 6.92 Å². The summed E-state index contributed by atoms with van der Waals surface area (Å²) in [6.07, 6.45) is 2.88. The molecule has 2 N–H and O–H groups in total. The molecule has 0 aliphatic heterocycles. The van der Waals surface area contributed by atoms with E-state index < -0.39 is 17.5 Å². The molecule has 3 aromatic rings. The van der Waals surface area contributed by atoms with Crippen molar-refractivity contribution in [3.05, 3.63) is 50.5 Å². The van der Waals surface area contributed by atoms with Gasteiger partial charge < -0.3 is 15.0 Å². The molecule has 0 aliphatic rings. The second kappa shape index (κ2) is 7.58. The minimum absolute atomic E-state index is 0.0797. The van der Waals surface area contributed by atoms with Crippen LogP contribution in [-0.2, 0) is 11.8 Å². The van der Waals surface area contributed by atoms with Gasteiger partial charge in [0.05, 0.1) is 23.4 Å². The van der Waals surface area contributed by atoms with Crippen LogP contribution in [0.25, 0.3) is 11.5 Å². The van der Waals surface area contributed by atoms with Gasteiger partial charge in [-0.25, -0.2) is 9.97 Å². The number of rotatable bonds is 6. The molecular weight excluding hydrogens is 356 g/mol. The van der Waals surface area contributed by atoms with Crippen molar-refractivity contribution in [1.82, 2.24) is 30.0 Å². The molecule has 0 bridgehead atoms. The zero-order valence-corrected chi connectivity index (χ0v) is 15.3. The maximum Gasteiger partial charge on any atom is 0.264 e. The molecule has 0 fully saturated rings. The van der Waals surface area contributed by atoms with Crippen LogP contribution >= 0.6 is 11.3 Å². The quantitative estimate of drug-likeness (QED) is 0.666. The molecule has 1 amide bonds. The first kappa shape index (κ1) is 18.0. The zero-order valence-electron chi connectivity index (χ0n) is 14.5. The number of ether oxygens (including phenoxy) is 1. The summed E-state index contributed by atoms with van der Waals surface area (Å²) in [5.74, 6) is -0.209. The van der Waals surface area contributed by atoms with Crippen molar-refractivity contribution in [3.8, 4) is 11.5 Å².